The second-order valence-electron chi connectivity index (χ2n) is 9.53. The van der Waals surface area contributed by atoms with Crippen LogP contribution in [-0.2, 0) is 0 Å². The molecule has 0 fully saturated rings. The van der Waals surface area contributed by atoms with Gasteiger partial charge >= 0.3 is 0 Å². The minimum Gasteiger partial charge on any atom is -0.308 e. The van der Waals surface area contributed by atoms with Crippen molar-refractivity contribution in [3.05, 3.63) is 127 Å². The van der Waals surface area contributed by atoms with Gasteiger partial charge in [0.25, 0.3) is 0 Å². The molecule has 0 atom stereocenters. The average molecular weight is 464 g/mol. The van der Waals surface area contributed by atoms with Crippen LogP contribution in [0.1, 0.15) is 11.1 Å². The highest BCUT2D eigenvalue weighted by molar-refractivity contribution is 6.09. The second kappa shape index (κ2) is 7.96. The van der Waals surface area contributed by atoms with Gasteiger partial charge in [0.15, 0.2) is 0 Å². The number of aromatic nitrogens is 3. The summed E-state index contributed by atoms with van der Waals surface area (Å²) in [6.07, 6.45) is 2.23. The van der Waals surface area contributed by atoms with Crippen LogP contribution in [0.25, 0.3) is 55.7 Å². The molecule has 0 saturated carbocycles. The number of hydrogen-bond acceptors (Lipinski definition) is 1. The van der Waals surface area contributed by atoms with Crippen molar-refractivity contribution in [1.29, 1.82) is 0 Å². The standard InChI is InChI=1S/C33H25N3/c1-22-13-16-29-27(19-22)28-20-23(2)14-17-30(28)36(29)26-15-18-31-34-32(24-9-5-3-6-10-24)33(35(31)21-26)25-11-7-4-8-12-25/h3-21H,1-2H3. The average Bonchev–Trinajstić information content (AvgIpc) is 3.45. The Morgan fingerprint density at radius 1 is 0.583 bits per heavy atom. The molecule has 0 spiro atoms. The first-order chi connectivity index (χ1) is 17.7. The zero-order valence-electron chi connectivity index (χ0n) is 20.3. The SMILES string of the molecule is Cc1ccc2c(c1)c1cc(C)ccc1n2-c1ccc2nc(-c3ccccc3)c(-c3ccccc3)n2c1. The third kappa shape index (κ3) is 3.17. The van der Waals surface area contributed by atoms with Crippen molar-refractivity contribution in [2.45, 2.75) is 13.8 Å². The molecule has 0 unspecified atom stereocenters. The highest BCUT2D eigenvalue weighted by Crippen LogP contribution is 2.36. The second-order valence-corrected chi connectivity index (χ2v) is 9.53. The maximum atomic E-state index is 5.08. The van der Waals surface area contributed by atoms with Crippen LogP contribution < -0.4 is 0 Å². The molecule has 3 heteroatoms. The first-order valence-electron chi connectivity index (χ1n) is 12.3. The summed E-state index contributed by atoms with van der Waals surface area (Å²) in [5.74, 6) is 0. The molecule has 4 aromatic carbocycles. The number of pyridine rings is 1. The van der Waals surface area contributed by atoms with Gasteiger partial charge in [0.05, 0.1) is 28.1 Å². The maximum absolute atomic E-state index is 5.08. The lowest BCUT2D eigenvalue weighted by atomic mass is 10.1. The lowest BCUT2D eigenvalue weighted by Crippen LogP contribution is -1.98. The molecular formula is C33H25N3. The summed E-state index contributed by atoms with van der Waals surface area (Å²) in [5, 5.41) is 2.57. The Morgan fingerprint density at radius 2 is 1.17 bits per heavy atom. The van der Waals surface area contributed by atoms with Crippen molar-refractivity contribution in [3.8, 4) is 28.2 Å². The van der Waals surface area contributed by atoms with E-state index >= 15 is 0 Å². The van der Waals surface area contributed by atoms with Crippen LogP contribution in [0, 0.1) is 13.8 Å². The molecule has 0 amide bonds. The number of hydrogen-bond donors (Lipinski definition) is 0. The van der Waals surface area contributed by atoms with E-state index in [9.17, 15) is 0 Å². The molecule has 36 heavy (non-hydrogen) atoms. The van der Waals surface area contributed by atoms with Crippen LogP contribution in [0.2, 0.25) is 0 Å². The van der Waals surface area contributed by atoms with Crippen molar-refractivity contribution in [2.24, 2.45) is 0 Å². The Labute approximate surface area is 209 Å². The van der Waals surface area contributed by atoms with Crippen LogP contribution >= 0.6 is 0 Å². The zero-order chi connectivity index (χ0) is 24.2. The predicted octanol–water partition coefficient (Wildman–Crippen LogP) is 8.38. The van der Waals surface area contributed by atoms with Crippen molar-refractivity contribution < 1.29 is 0 Å². The molecule has 3 nitrogen and oxygen atoms in total. The zero-order valence-corrected chi connectivity index (χ0v) is 20.3. The number of aryl methyl sites for hydroxylation is 2. The van der Waals surface area contributed by atoms with E-state index in [1.165, 1.54) is 32.9 Å². The predicted molar refractivity (Wildman–Crippen MR) is 150 cm³/mol. The van der Waals surface area contributed by atoms with E-state index in [0.29, 0.717) is 0 Å². The molecule has 3 aromatic heterocycles. The smallest absolute Gasteiger partial charge is 0.138 e. The fourth-order valence-corrected chi connectivity index (χ4v) is 5.36. The molecule has 0 aliphatic heterocycles. The van der Waals surface area contributed by atoms with E-state index in [2.05, 4.69) is 132 Å². The van der Waals surface area contributed by atoms with Gasteiger partial charge < -0.3 is 4.57 Å². The summed E-state index contributed by atoms with van der Waals surface area (Å²) in [4.78, 5) is 5.08. The third-order valence-corrected chi connectivity index (χ3v) is 7.03. The molecule has 0 saturated heterocycles. The van der Waals surface area contributed by atoms with Gasteiger partial charge in [0.2, 0.25) is 0 Å². The summed E-state index contributed by atoms with van der Waals surface area (Å²) >= 11 is 0. The van der Waals surface area contributed by atoms with E-state index in [4.69, 9.17) is 4.98 Å². The van der Waals surface area contributed by atoms with Crippen molar-refractivity contribution in [1.82, 2.24) is 14.0 Å². The molecule has 7 aromatic rings. The first-order valence-corrected chi connectivity index (χ1v) is 12.3. The normalized spacial score (nSPS) is 11.6. The number of nitrogens with zero attached hydrogens (tertiary/aromatic N) is 3. The summed E-state index contributed by atoms with van der Waals surface area (Å²) in [5.41, 5.74) is 11.4. The number of rotatable bonds is 3. The minimum atomic E-state index is 0.934. The Morgan fingerprint density at radius 3 is 1.78 bits per heavy atom. The van der Waals surface area contributed by atoms with Crippen LogP contribution in [0.15, 0.2) is 115 Å². The van der Waals surface area contributed by atoms with Gasteiger partial charge in [0.1, 0.15) is 5.65 Å². The van der Waals surface area contributed by atoms with E-state index < -0.39 is 0 Å². The van der Waals surface area contributed by atoms with Crippen LogP contribution in [-0.4, -0.2) is 14.0 Å². The van der Waals surface area contributed by atoms with E-state index in [0.717, 1.165) is 33.8 Å². The Kier molecular flexibility index (Phi) is 4.58. The monoisotopic (exact) mass is 463 g/mol. The van der Waals surface area contributed by atoms with Crippen LogP contribution in [0.4, 0.5) is 0 Å². The van der Waals surface area contributed by atoms with E-state index in [-0.39, 0.29) is 0 Å². The van der Waals surface area contributed by atoms with Crippen LogP contribution in [0.5, 0.6) is 0 Å². The highest BCUT2D eigenvalue weighted by Gasteiger charge is 2.18. The van der Waals surface area contributed by atoms with Gasteiger partial charge in [-0.1, -0.05) is 83.9 Å². The summed E-state index contributed by atoms with van der Waals surface area (Å²) < 4.78 is 4.62. The summed E-state index contributed by atoms with van der Waals surface area (Å²) in [6, 6.07) is 38.8. The highest BCUT2D eigenvalue weighted by atomic mass is 15.1. The largest absolute Gasteiger partial charge is 0.308 e. The Bertz CT molecular complexity index is 1830. The van der Waals surface area contributed by atoms with Crippen molar-refractivity contribution >= 4 is 27.5 Å². The molecular weight excluding hydrogens is 438 g/mol. The molecule has 0 aliphatic rings. The fourth-order valence-electron chi connectivity index (χ4n) is 5.36. The van der Waals surface area contributed by atoms with Gasteiger partial charge in [-0.2, -0.15) is 0 Å². The number of fused-ring (bicyclic) bond motifs is 4. The lowest BCUT2D eigenvalue weighted by Gasteiger charge is -2.11. The number of imidazole rings is 1. The minimum absolute atomic E-state index is 0.934. The fraction of sp³-hybridized carbons (Fsp3) is 0.0606. The van der Waals surface area contributed by atoms with Gasteiger partial charge in [0, 0.05) is 28.1 Å². The topological polar surface area (TPSA) is 22.2 Å². The third-order valence-electron chi connectivity index (χ3n) is 7.03. The molecule has 0 radical (unpaired) electrons. The number of benzene rings is 4. The van der Waals surface area contributed by atoms with Gasteiger partial charge in [-0.15, -0.1) is 0 Å². The summed E-state index contributed by atoms with van der Waals surface area (Å²) in [6.45, 7) is 4.32. The first kappa shape index (κ1) is 20.7. The van der Waals surface area contributed by atoms with Gasteiger partial charge in [-0.3, -0.25) is 4.40 Å². The van der Waals surface area contributed by atoms with Gasteiger partial charge in [-0.05, 0) is 50.2 Å². The van der Waals surface area contributed by atoms with Gasteiger partial charge in [-0.25, -0.2) is 4.98 Å². The maximum Gasteiger partial charge on any atom is 0.138 e. The van der Waals surface area contributed by atoms with E-state index in [1.807, 2.05) is 6.07 Å². The van der Waals surface area contributed by atoms with Crippen LogP contribution in [0.3, 0.4) is 0 Å². The summed E-state index contributed by atoms with van der Waals surface area (Å²) in [7, 11) is 0. The quantitative estimate of drug-likeness (QED) is 0.258. The van der Waals surface area contributed by atoms with E-state index in [1.54, 1.807) is 0 Å². The molecule has 7 rings (SSSR count). The Hall–Kier alpha value is -4.63. The van der Waals surface area contributed by atoms with Crippen molar-refractivity contribution in [2.75, 3.05) is 0 Å². The molecule has 0 aliphatic carbocycles. The molecule has 0 N–H and O–H groups in total. The molecule has 172 valence electrons. The molecule has 3 heterocycles. The molecule has 0 bridgehead atoms. The Balaban J connectivity index is 1.56. The van der Waals surface area contributed by atoms with Crippen molar-refractivity contribution in [3.63, 3.8) is 0 Å². The lowest BCUT2D eigenvalue weighted by molar-refractivity contribution is 1.10.